The number of nitrogens with one attached hydrogen (secondary N) is 4. The van der Waals surface area contributed by atoms with E-state index in [9.17, 15) is 33.9 Å². The van der Waals surface area contributed by atoms with Crippen LogP contribution in [0.3, 0.4) is 0 Å². The summed E-state index contributed by atoms with van der Waals surface area (Å²) in [6, 6.07) is 4.50. The summed E-state index contributed by atoms with van der Waals surface area (Å²) in [5.41, 5.74) is 3.35. The average Bonchev–Trinajstić information content (AvgIpc) is 2.99. The van der Waals surface area contributed by atoms with Crippen LogP contribution in [0.1, 0.15) is 63.4 Å². The third-order valence-electron chi connectivity index (χ3n) is 7.42. The molecule has 4 amide bonds. The molecule has 14 nitrogen and oxygen atoms in total. The minimum atomic E-state index is -1.44. The minimum absolute atomic E-state index is 0.142. The van der Waals surface area contributed by atoms with Gasteiger partial charge in [0.15, 0.2) is 6.23 Å². The number of benzene rings is 1. The van der Waals surface area contributed by atoms with Gasteiger partial charge in [0, 0.05) is 35.3 Å². The Hall–Kier alpha value is -3.47. The number of urea groups is 1. The van der Waals surface area contributed by atoms with Crippen LogP contribution in [0.4, 0.5) is 4.79 Å². The van der Waals surface area contributed by atoms with E-state index in [0.29, 0.717) is 44.6 Å². The smallest absolute Gasteiger partial charge is 0.326 e. The molecule has 2 rings (SSSR count). The van der Waals surface area contributed by atoms with Gasteiger partial charge in [-0.3, -0.25) is 19.2 Å². The van der Waals surface area contributed by atoms with Gasteiger partial charge in [-0.05, 0) is 97.7 Å². The zero-order chi connectivity index (χ0) is 33.2. The molecular weight excluding hydrogens is 689 g/mol. The molecule has 0 bridgehead atoms. The highest BCUT2D eigenvalue weighted by molar-refractivity contribution is 14.1. The van der Waals surface area contributed by atoms with E-state index in [1.165, 1.54) is 0 Å². The number of carboxylic acids is 2. The summed E-state index contributed by atoms with van der Waals surface area (Å²) in [6.45, 7) is 0.985. The van der Waals surface area contributed by atoms with Gasteiger partial charge in [-0.1, -0.05) is 12.1 Å². The lowest BCUT2D eigenvalue weighted by atomic mass is 9.81. The van der Waals surface area contributed by atoms with Crippen molar-refractivity contribution in [2.24, 2.45) is 17.6 Å². The second-order valence-corrected chi connectivity index (χ2v) is 12.0. The number of rotatable bonds is 20. The number of unbranched alkanes of at least 4 members (excludes halogenated alkanes) is 1. The summed E-state index contributed by atoms with van der Waals surface area (Å²) in [7, 11) is 0. The Morgan fingerprint density at radius 2 is 1.80 bits per heavy atom. The number of nitrogens with two attached hydrogens (primary N) is 1. The van der Waals surface area contributed by atoms with Gasteiger partial charge in [-0.15, -0.1) is 0 Å². The number of carbonyl (C=O) groups is 6. The SMILES string of the molecule is [2H]NCC1CCC(C(=O)N[C@@H](Cc2cccc(I)c2)C(=O)NCCCC[C@H](NC(=O)N[C@@H](CCC(=O)O)C(=O)O)OC=O)CC1. The van der Waals surface area contributed by atoms with Crippen molar-refractivity contribution in [3.05, 3.63) is 33.4 Å². The number of hydrogen-bond donors (Lipinski definition) is 7. The van der Waals surface area contributed by atoms with Gasteiger partial charge < -0.3 is 41.9 Å². The Balaban J connectivity index is 1.88. The highest BCUT2D eigenvalue weighted by Gasteiger charge is 2.29. The molecule has 0 aliphatic heterocycles. The summed E-state index contributed by atoms with van der Waals surface area (Å²) in [6.07, 6.45) is 2.55. The number of hydrogen-bond acceptors (Lipinski definition) is 8. The van der Waals surface area contributed by atoms with Crippen molar-refractivity contribution < 1.29 is 45.1 Å². The Morgan fingerprint density at radius 3 is 2.43 bits per heavy atom. The van der Waals surface area contributed by atoms with Gasteiger partial charge in [-0.2, -0.15) is 0 Å². The zero-order valence-corrected chi connectivity index (χ0v) is 26.5. The number of ether oxygens (including phenoxy) is 1. The van der Waals surface area contributed by atoms with E-state index in [0.717, 1.165) is 22.0 Å². The van der Waals surface area contributed by atoms with Crippen molar-refractivity contribution in [2.75, 3.05) is 13.1 Å². The van der Waals surface area contributed by atoms with Crippen LogP contribution >= 0.6 is 22.6 Å². The Morgan fingerprint density at radius 1 is 1.05 bits per heavy atom. The monoisotopic (exact) mass is 732 g/mol. The van der Waals surface area contributed by atoms with Crippen molar-refractivity contribution in [2.45, 2.75) is 82.5 Å². The Bertz CT molecular complexity index is 1150. The molecule has 0 aromatic heterocycles. The molecule has 1 saturated carbocycles. The molecule has 0 spiro atoms. The lowest BCUT2D eigenvalue weighted by molar-refractivity contribution is -0.141. The average molecular weight is 733 g/mol. The van der Waals surface area contributed by atoms with Gasteiger partial charge in [-0.25, -0.2) is 9.59 Å². The van der Waals surface area contributed by atoms with Crippen LogP contribution in [0.15, 0.2) is 24.3 Å². The third-order valence-corrected chi connectivity index (χ3v) is 8.09. The van der Waals surface area contributed by atoms with Crippen LogP contribution in [0.5, 0.6) is 0 Å². The maximum Gasteiger partial charge on any atom is 0.326 e. The summed E-state index contributed by atoms with van der Waals surface area (Å²) in [4.78, 5) is 71.5. The largest absolute Gasteiger partial charge is 0.481 e. The Kier molecular flexibility index (Phi) is 15.7. The molecule has 44 heavy (non-hydrogen) atoms. The van der Waals surface area contributed by atoms with E-state index < -0.39 is 42.7 Å². The van der Waals surface area contributed by atoms with Crippen LogP contribution in [0.2, 0.25) is 1.41 Å². The maximum atomic E-state index is 13.2. The number of carboxylic acid groups (broad SMARTS) is 2. The van der Waals surface area contributed by atoms with E-state index in [-0.39, 0.29) is 43.6 Å². The molecule has 1 fully saturated rings. The molecule has 1 aliphatic rings. The predicted octanol–water partition coefficient (Wildman–Crippen LogP) is 1.49. The molecule has 15 heteroatoms. The molecule has 1 aromatic carbocycles. The molecule has 3 atom stereocenters. The first-order chi connectivity index (χ1) is 21.5. The van der Waals surface area contributed by atoms with E-state index in [2.05, 4.69) is 49.6 Å². The molecule has 1 aromatic rings. The lowest BCUT2D eigenvalue weighted by Gasteiger charge is -2.28. The van der Waals surface area contributed by atoms with E-state index in [4.69, 9.17) is 11.3 Å². The van der Waals surface area contributed by atoms with Crippen LogP contribution < -0.4 is 27.0 Å². The molecule has 0 radical (unpaired) electrons. The molecule has 244 valence electrons. The van der Waals surface area contributed by atoms with Crippen molar-refractivity contribution in [3.63, 3.8) is 0 Å². The van der Waals surface area contributed by atoms with Crippen molar-refractivity contribution >= 4 is 58.8 Å². The van der Waals surface area contributed by atoms with Crippen LogP contribution in [-0.4, -0.2) is 77.9 Å². The van der Waals surface area contributed by atoms with Crippen LogP contribution in [0, 0.1) is 15.4 Å². The summed E-state index contributed by atoms with van der Waals surface area (Å²) in [5, 5.41) is 28.2. The van der Waals surface area contributed by atoms with Gasteiger partial charge in [0.25, 0.3) is 6.47 Å². The standard InChI is InChI=1S/C29H42IN5O9/c30-21-5-3-4-19(14-21)15-23(33-26(39)20-9-7-18(16-31)8-10-20)27(40)32-13-2-1-6-24(44-17-36)35-29(43)34-22(28(41)42)11-12-25(37)38/h3-5,14,17-18,20,22-24H,1-2,6-13,15-16,31H2,(H,32,40)(H,33,39)(H,37,38)(H,41,42)(H2,34,35,43)/t18?,20?,22-,23-,24+/m0/s1/i/hD. The van der Waals surface area contributed by atoms with E-state index in [1.54, 1.807) is 0 Å². The predicted molar refractivity (Wildman–Crippen MR) is 167 cm³/mol. The minimum Gasteiger partial charge on any atom is -0.481 e. The fourth-order valence-electron chi connectivity index (χ4n) is 4.93. The summed E-state index contributed by atoms with van der Waals surface area (Å²) < 4.78 is 13.1. The molecule has 0 unspecified atom stereocenters. The molecular formula is C29H42IN5O9. The quantitative estimate of drug-likeness (QED) is 0.0443. The van der Waals surface area contributed by atoms with E-state index >= 15 is 0 Å². The number of carbonyl (C=O) groups excluding carboxylic acids is 4. The first kappa shape index (κ1) is 35.0. The highest BCUT2D eigenvalue weighted by atomic mass is 127. The molecule has 1 aliphatic carbocycles. The maximum absolute atomic E-state index is 13.2. The molecule has 0 saturated heterocycles. The summed E-state index contributed by atoms with van der Waals surface area (Å²) >= 11 is 2.19. The van der Waals surface area contributed by atoms with Gasteiger partial charge in [0.05, 0.1) is 0 Å². The fraction of sp³-hybridized carbons (Fsp3) is 0.586. The lowest BCUT2D eigenvalue weighted by Crippen LogP contribution is -2.50. The molecule has 8 N–H and O–H groups in total. The van der Waals surface area contributed by atoms with Crippen molar-refractivity contribution in [1.29, 1.82) is 0 Å². The fourth-order valence-corrected chi connectivity index (χ4v) is 5.54. The Labute approximate surface area is 271 Å². The van der Waals surface area contributed by atoms with Crippen LogP contribution in [0.25, 0.3) is 0 Å². The molecule has 0 heterocycles. The van der Waals surface area contributed by atoms with Gasteiger partial charge >= 0.3 is 18.0 Å². The third kappa shape index (κ3) is 13.9. The van der Waals surface area contributed by atoms with Crippen molar-refractivity contribution in [1.82, 2.24) is 21.3 Å². The van der Waals surface area contributed by atoms with Crippen molar-refractivity contribution in [3.8, 4) is 0 Å². The topological polar surface area (TPSA) is 226 Å². The van der Waals surface area contributed by atoms with E-state index in [1.807, 2.05) is 24.3 Å². The first-order valence-corrected chi connectivity index (χ1v) is 15.7. The van der Waals surface area contributed by atoms with Gasteiger partial charge in [0.2, 0.25) is 11.8 Å². The number of amides is 4. The first-order valence-electron chi connectivity index (χ1n) is 15.1. The second kappa shape index (κ2) is 19.7. The number of aliphatic carboxylic acids is 2. The second-order valence-electron chi connectivity index (χ2n) is 10.8. The zero-order valence-electron chi connectivity index (χ0n) is 25.4. The van der Waals surface area contributed by atoms with Gasteiger partial charge in [0.1, 0.15) is 13.5 Å². The summed E-state index contributed by atoms with van der Waals surface area (Å²) in [5.74, 6) is -2.95. The van der Waals surface area contributed by atoms with Crippen LogP contribution in [-0.2, 0) is 35.1 Å². The number of halogens is 1. The highest BCUT2D eigenvalue weighted by Crippen LogP contribution is 2.28. The normalized spacial score (nSPS) is 18.4.